The molecule has 0 amide bonds. The average molecular weight is 468 g/mol. The van der Waals surface area contributed by atoms with Gasteiger partial charge in [0, 0.05) is 90.0 Å². The predicted octanol–water partition coefficient (Wildman–Crippen LogP) is 3.17. The molecular formula is C25H41N9. The van der Waals surface area contributed by atoms with Gasteiger partial charge in [-0.1, -0.05) is 24.3 Å². The zero-order valence-electron chi connectivity index (χ0n) is 22.9. The lowest BCUT2D eigenvalue weighted by Crippen LogP contribution is -2.35. The molecule has 0 heterocycles. The van der Waals surface area contributed by atoms with E-state index in [4.69, 9.17) is 15.0 Å². The first-order valence-corrected chi connectivity index (χ1v) is 11.2. The molecule has 2 rings (SSSR count). The number of benzene rings is 2. The molecule has 0 radical (unpaired) electrons. The average Bonchev–Trinajstić information content (AvgIpc) is 2.72. The molecule has 0 saturated heterocycles. The van der Waals surface area contributed by atoms with Gasteiger partial charge >= 0.3 is 0 Å². The number of fused-ring (bicyclic) bond motifs is 1. The van der Waals surface area contributed by atoms with Crippen molar-refractivity contribution in [2.24, 2.45) is 15.0 Å². The van der Waals surface area contributed by atoms with E-state index in [-0.39, 0.29) is 0 Å². The van der Waals surface area contributed by atoms with Crippen LogP contribution in [0.2, 0.25) is 0 Å². The van der Waals surface area contributed by atoms with E-state index in [1.165, 1.54) is 0 Å². The standard InChI is InChI=1S/C25H41N9/c1-29(2)23(30(3)4)26-20-17-18-15-13-14-16-19(18)21(27-24(31(5)6)32(7)8)22(20)28-25(33(9)10)34(11)12/h13-17H,1-12H3. The Morgan fingerprint density at radius 2 is 0.882 bits per heavy atom. The van der Waals surface area contributed by atoms with Crippen LogP contribution in [-0.2, 0) is 0 Å². The summed E-state index contributed by atoms with van der Waals surface area (Å²) in [6.45, 7) is 0. The number of guanidine groups is 3. The van der Waals surface area contributed by atoms with Gasteiger partial charge in [-0.25, -0.2) is 15.0 Å². The van der Waals surface area contributed by atoms with Crippen molar-refractivity contribution >= 4 is 45.7 Å². The van der Waals surface area contributed by atoms with Crippen molar-refractivity contribution in [2.75, 3.05) is 84.6 Å². The molecule has 0 saturated carbocycles. The molecular weight excluding hydrogens is 426 g/mol. The largest absolute Gasteiger partial charge is 0.349 e. The third-order valence-corrected chi connectivity index (χ3v) is 5.02. The van der Waals surface area contributed by atoms with Gasteiger partial charge in [0.05, 0.1) is 5.69 Å². The summed E-state index contributed by atoms with van der Waals surface area (Å²) in [6, 6.07) is 10.3. The predicted molar refractivity (Wildman–Crippen MR) is 147 cm³/mol. The Labute approximate surface area is 205 Å². The molecule has 0 N–H and O–H groups in total. The van der Waals surface area contributed by atoms with E-state index >= 15 is 0 Å². The summed E-state index contributed by atoms with van der Waals surface area (Å²) in [5, 5.41) is 2.08. The first-order chi connectivity index (χ1) is 15.8. The fourth-order valence-corrected chi connectivity index (χ4v) is 3.72. The second-order valence-corrected chi connectivity index (χ2v) is 9.42. The molecule has 0 aromatic heterocycles. The Bertz CT molecular complexity index is 1050. The van der Waals surface area contributed by atoms with Crippen molar-refractivity contribution in [1.29, 1.82) is 0 Å². The van der Waals surface area contributed by atoms with Gasteiger partial charge in [0.2, 0.25) is 17.9 Å². The maximum atomic E-state index is 5.14. The highest BCUT2D eigenvalue weighted by atomic mass is 15.4. The minimum absolute atomic E-state index is 0.721. The zero-order chi connectivity index (χ0) is 25.7. The molecule has 0 aliphatic carbocycles. The number of hydrogen-bond donors (Lipinski definition) is 0. The van der Waals surface area contributed by atoms with Crippen LogP contribution in [0.4, 0.5) is 17.1 Å². The van der Waals surface area contributed by atoms with Crippen LogP contribution in [0.1, 0.15) is 0 Å². The highest BCUT2D eigenvalue weighted by Crippen LogP contribution is 2.44. The molecule has 186 valence electrons. The quantitative estimate of drug-likeness (QED) is 0.511. The van der Waals surface area contributed by atoms with E-state index < -0.39 is 0 Å². The molecule has 0 unspecified atom stereocenters. The third kappa shape index (κ3) is 6.09. The Balaban J connectivity index is 3.13. The van der Waals surface area contributed by atoms with E-state index in [1.54, 1.807) is 0 Å². The fourth-order valence-electron chi connectivity index (χ4n) is 3.72. The van der Waals surface area contributed by atoms with Crippen LogP contribution in [0, 0.1) is 0 Å². The summed E-state index contributed by atoms with van der Waals surface area (Å²) in [5.41, 5.74) is 2.26. The van der Waals surface area contributed by atoms with Crippen LogP contribution >= 0.6 is 0 Å². The smallest absolute Gasteiger partial charge is 0.200 e. The lowest BCUT2D eigenvalue weighted by Gasteiger charge is -2.26. The lowest BCUT2D eigenvalue weighted by molar-refractivity contribution is 0.483. The van der Waals surface area contributed by atoms with Gasteiger partial charge in [0.25, 0.3) is 0 Å². The van der Waals surface area contributed by atoms with Crippen LogP contribution in [0.25, 0.3) is 10.8 Å². The SMILES string of the molecule is CN(C)C(=Nc1cc2ccccc2c(N=C(N(C)C)N(C)C)c1N=C(N(C)C)N(C)C)N(C)C. The van der Waals surface area contributed by atoms with Crippen molar-refractivity contribution in [3.05, 3.63) is 30.3 Å². The van der Waals surface area contributed by atoms with Crippen molar-refractivity contribution in [3.63, 3.8) is 0 Å². The first-order valence-electron chi connectivity index (χ1n) is 11.2. The molecule has 0 spiro atoms. The van der Waals surface area contributed by atoms with E-state index in [0.29, 0.717) is 0 Å². The lowest BCUT2D eigenvalue weighted by atomic mass is 10.1. The normalized spacial score (nSPS) is 10.4. The summed E-state index contributed by atoms with van der Waals surface area (Å²) >= 11 is 0. The van der Waals surface area contributed by atoms with E-state index in [1.807, 2.05) is 126 Å². The van der Waals surface area contributed by atoms with Gasteiger partial charge in [0.15, 0.2) is 0 Å². The van der Waals surface area contributed by atoms with Crippen molar-refractivity contribution in [2.45, 2.75) is 0 Å². The van der Waals surface area contributed by atoms with E-state index in [2.05, 4.69) is 18.2 Å². The van der Waals surface area contributed by atoms with Gasteiger partial charge < -0.3 is 29.4 Å². The van der Waals surface area contributed by atoms with E-state index in [9.17, 15) is 0 Å². The minimum atomic E-state index is 0.721. The molecule has 0 aliphatic rings. The summed E-state index contributed by atoms with van der Waals surface area (Å²) in [4.78, 5) is 27.3. The van der Waals surface area contributed by atoms with E-state index in [0.717, 1.165) is 45.7 Å². The second kappa shape index (κ2) is 11.1. The highest BCUT2D eigenvalue weighted by Gasteiger charge is 2.19. The van der Waals surface area contributed by atoms with Gasteiger partial charge in [-0.2, -0.15) is 0 Å². The first kappa shape index (κ1) is 26.8. The Hall–Kier alpha value is -3.49. The van der Waals surface area contributed by atoms with Crippen molar-refractivity contribution in [1.82, 2.24) is 29.4 Å². The van der Waals surface area contributed by atoms with Crippen LogP contribution < -0.4 is 0 Å². The van der Waals surface area contributed by atoms with Gasteiger partial charge in [-0.3, -0.25) is 0 Å². The molecule has 0 aliphatic heterocycles. The van der Waals surface area contributed by atoms with Gasteiger partial charge in [-0.05, 0) is 11.5 Å². The summed E-state index contributed by atoms with van der Waals surface area (Å²) < 4.78 is 0. The minimum Gasteiger partial charge on any atom is -0.349 e. The highest BCUT2D eigenvalue weighted by molar-refractivity contribution is 6.06. The fraction of sp³-hybridized carbons (Fsp3) is 0.480. The summed E-state index contributed by atoms with van der Waals surface area (Å²) in [6.07, 6.45) is 0. The summed E-state index contributed by atoms with van der Waals surface area (Å²) in [5.74, 6) is 2.44. The van der Waals surface area contributed by atoms with Gasteiger partial charge in [0.1, 0.15) is 11.4 Å². The number of rotatable bonds is 3. The molecule has 34 heavy (non-hydrogen) atoms. The van der Waals surface area contributed by atoms with Crippen LogP contribution in [0.3, 0.4) is 0 Å². The Kier molecular flexibility index (Phi) is 8.73. The molecule has 0 fully saturated rings. The number of nitrogens with zero attached hydrogens (tertiary/aromatic N) is 9. The molecule has 0 atom stereocenters. The Morgan fingerprint density at radius 3 is 1.32 bits per heavy atom. The monoisotopic (exact) mass is 467 g/mol. The van der Waals surface area contributed by atoms with Crippen LogP contribution in [0.15, 0.2) is 45.3 Å². The van der Waals surface area contributed by atoms with Crippen LogP contribution in [-0.4, -0.2) is 132 Å². The molecule has 2 aromatic rings. The molecule has 9 heteroatoms. The van der Waals surface area contributed by atoms with Gasteiger partial charge in [-0.15, -0.1) is 0 Å². The topological polar surface area (TPSA) is 56.5 Å². The molecule has 9 nitrogen and oxygen atoms in total. The summed E-state index contributed by atoms with van der Waals surface area (Å²) in [7, 11) is 23.9. The van der Waals surface area contributed by atoms with Crippen LogP contribution in [0.5, 0.6) is 0 Å². The van der Waals surface area contributed by atoms with Crippen molar-refractivity contribution < 1.29 is 0 Å². The number of hydrogen-bond acceptors (Lipinski definition) is 3. The number of aliphatic imine (C=N–C) groups is 3. The maximum absolute atomic E-state index is 5.14. The second-order valence-electron chi connectivity index (χ2n) is 9.42. The maximum Gasteiger partial charge on any atom is 0.200 e. The third-order valence-electron chi connectivity index (χ3n) is 5.02. The molecule has 0 bridgehead atoms. The molecule has 2 aromatic carbocycles. The Morgan fingerprint density at radius 1 is 0.500 bits per heavy atom. The van der Waals surface area contributed by atoms with Crippen molar-refractivity contribution in [3.8, 4) is 0 Å². The zero-order valence-corrected chi connectivity index (χ0v) is 22.9.